The molecule has 0 aromatic heterocycles. The van der Waals surface area contributed by atoms with Crippen LogP contribution < -0.4 is 64.2 Å². The summed E-state index contributed by atoms with van der Waals surface area (Å²) in [6.45, 7) is 1.39. The van der Waals surface area contributed by atoms with Gasteiger partial charge in [-0.25, -0.2) is 0 Å². The maximum absolute atomic E-state index is 10.1. The first-order chi connectivity index (χ1) is 6.57. The Morgan fingerprint density at radius 1 is 1.29 bits per heavy atom. The zero-order valence-electron chi connectivity index (χ0n) is 10.3. The standard InChI is InChI=1S/C7H6O2.C3H8O2.2Na.H2O/c8-7(9)6-4-2-1-3-5-6;1-3(5)2-4;;;/h1-5H,(H,8,9);3-5H,2H2,1H3;;;1H2/q;;2*+1;/p-2. The molecule has 0 saturated carbocycles. The third-order valence-electron chi connectivity index (χ3n) is 1.27. The van der Waals surface area contributed by atoms with Crippen molar-refractivity contribution in [3.05, 3.63) is 35.9 Å². The van der Waals surface area contributed by atoms with Crippen LogP contribution in [0.4, 0.5) is 0 Å². The summed E-state index contributed by atoms with van der Waals surface area (Å²) in [6.07, 6.45) is -0.560. The average molecular weight is 260 g/mol. The summed E-state index contributed by atoms with van der Waals surface area (Å²) >= 11 is 0. The largest absolute Gasteiger partial charge is 1.00 e. The molecule has 1 unspecified atom stereocenters. The predicted octanol–water partition coefficient (Wildman–Crippen LogP) is -6.76. The Morgan fingerprint density at radius 3 is 1.82 bits per heavy atom. The van der Waals surface area contributed by atoms with E-state index in [0.29, 0.717) is 0 Å². The van der Waals surface area contributed by atoms with E-state index in [4.69, 9.17) is 10.2 Å². The van der Waals surface area contributed by atoms with Crippen molar-refractivity contribution in [2.24, 2.45) is 0 Å². The molecule has 1 aromatic carbocycles. The van der Waals surface area contributed by atoms with Crippen LogP contribution in [0.5, 0.6) is 0 Å². The Kier molecular flexibility index (Phi) is 25.5. The van der Waals surface area contributed by atoms with Gasteiger partial charge in [-0.3, -0.25) is 0 Å². The molecule has 0 aliphatic carbocycles. The molecular formula is C10H14Na2O5. The van der Waals surface area contributed by atoms with Crippen LogP contribution >= 0.6 is 0 Å². The molecule has 0 aliphatic rings. The fourth-order valence-corrected chi connectivity index (χ4v) is 0.574. The van der Waals surface area contributed by atoms with Crippen LogP contribution in [-0.2, 0) is 0 Å². The fourth-order valence-electron chi connectivity index (χ4n) is 0.574. The number of hydrogen-bond donors (Lipinski definition) is 2. The molecule has 5 nitrogen and oxygen atoms in total. The van der Waals surface area contributed by atoms with E-state index < -0.39 is 12.1 Å². The minimum atomic E-state index is -1.13. The van der Waals surface area contributed by atoms with Gasteiger partial charge in [0.1, 0.15) is 0 Å². The number of rotatable bonds is 2. The quantitative estimate of drug-likeness (QED) is 0.513. The molecule has 1 aromatic rings. The van der Waals surface area contributed by atoms with Gasteiger partial charge in [-0.2, -0.15) is 0 Å². The fraction of sp³-hybridized carbons (Fsp3) is 0.300. The molecule has 17 heavy (non-hydrogen) atoms. The van der Waals surface area contributed by atoms with Gasteiger partial charge in [-0.05, 0) is 12.5 Å². The van der Waals surface area contributed by atoms with E-state index >= 15 is 0 Å². The molecule has 0 aliphatic heterocycles. The normalized spacial score (nSPS) is 9.12. The van der Waals surface area contributed by atoms with Crippen molar-refractivity contribution >= 4 is 5.97 Å². The molecule has 0 bridgehead atoms. The van der Waals surface area contributed by atoms with Gasteiger partial charge in [0.05, 0.1) is 18.7 Å². The second-order valence-electron chi connectivity index (χ2n) is 2.69. The molecule has 7 heteroatoms. The number of carboxylic acids is 1. The molecule has 0 spiro atoms. The number of aliphatic hydroxyl groups excluding tert-OH is 2. The molecule has 3 N–H and O–H groups in total. The van der Waals surface area contributed by atoms with Gasteiger partial charge in [0.25, 0.3) is 0 Å². The van der Waals surface area contributed by atoms with Crippen LogP contribution in [0.25, 0.3) is 0 Å². The maximum Gasteiger partial charge on any atom is 1.00 e. The first-order valence-corrected chi connectivity index (χ1v) is 4.13. The molecule has 1 atom stereocenters. The van der Waals surface area contributed by atoms with E-state index in [-0.39, 0.29) is 76.8 Å². The molecule has 0 fully saturated rings. The van der Waals surface area contributed by atoms with Gasteiger partial charge >= 0.3 is 59.1 Å². The number of benzene rings is 1. The van der Waals surface area contributed by atoms with E-state index in [1.807, 2.05) is 0 Å². The third kappa shape index (κ3) is 16.6. The summed E-state index contributed by atoms with van der Waals surface area (Å²) < 4.78 is 0. The van der Waals surface area contributed by atoms with Crippen molar-refractivity contribution in [2.75, 3.05) is 6.61 Å². The average Bonchev–Trinajstić information content (AvgIpc) is 2.20. The summed E-state index contributed by atoms with van der Waals surface area (Å²) in [5.41, 5.74) is 0.220. The summed E-state index contributed by atoms with van der Waals surface area (Å²) in [4.78, 5) is 10.1. The van der Waals surface area contributed by atoms with Crippen molar-refractivity contribution in [2.45, 2.75) is 13.0 Å². The summed E-state index contributed by atoms with van der Waals surface area (Å²) in [5.74, 6) is -1.13. The monoisotopic (exact) mass is 260 g/mol. The van der Waals surface area contributed by atoms with Gasteiger partial charge in [-0.1, -0.05) is 30.3 Å². The second kappa shape index (κ2) is 16.6. The molecule has 0 amide bonds. The van der Waals surface area contributed by atoms with E-state index in [1.165, 1.54) is 19.1 Å². The minimum absolute atomic E-state index is 0. The molecule has 0 saturated heterocycles. The maximum atomic E-state index is 10.1. The van der Waals surface area contributed by atoms with Gasteiger partial charge in [-0.15, -0.1) is 0 Å². The smallest absolute Gasteiger partial charge is 0.870 e. The number of carbonyl (C=O) groups excluding carboxylic acids is 1. The van der Waals surface area contributed by atoms with Crippen molar-refractivity contribution in [3.8, 4) is 0 Å². The summed E-state index contributed by atoms with van der Waals surface area (Å²) in [5, 5.41) is 26.1. The molecule has 0 radical (unpaired) electrons. The molecule has 86 valence electrons. The second-order valence-corrected chi connectivity index (χ2v) is 2.69. The van der Waals surface area contributed by atoms with E-state index in [2.05, 4.69) is 0 Å². The third-order valence-corrected chi connectivity index (χ3v) is 1.27. The molecular weight excluding hydrogens is 246 g/mol. The Hall–Kier alpha value is 0.570. The zero-order chi connectivity index (χ0) is 11.0. The van der Waals surface area contributed by atoms with Crippen LogP contribution in [0.3, 0.4) is 0 Å². The Morgan fingerprint density at radius 2 is 1.65 bits per heavy atom. The first-order valence-electron chi connectivity index (χ1n) is 4.13. The van der Waals surface area contributed by atoms with Crippen molar-refractivity contribution in [1.82, 2.24) is 0 Å². The SMILES string of the molecule is CC(O)CO.O=C([O-])c1ccccc1.[Na+].[Na+].[OH-]. The van der Waals surface area contributed by atoms with Crippen molar-refractivity contribution < 1.29 is 84.7 Å². The number of carbonyl (C=O) groups is 1. The minimum Gasteiger partial charge on any atom is -0.870 e. The van der Waals surface area contributed by atoms with Gasteiger partial charge in [0.15, 0.2) is 0 Å². The predicted molar refractivity (Wildman–Crippen MR) is 51.5 cm³/mol. The Labute approximate surface area is 145 Å². The van der Waals surface area contributed by atoms with E-state index in [1.54, 1.807) is 18.2 Å². The number of hydrogen-bond acceptors (Lipinski definition) is 5. The molecule has 1 rings (SSSR count). The first kappa shape index (κ1) is 26.2. The number of aliphatic hydroxyl groups is 2. The van der Waals surface area contributed by atoms with Gasteiger partial charge in [0.2, 0.25) is 0 Å². The number of aromatic carboxylic acids is 1. The molecule has 0 heterocycles. The van der Waals surface area contributed by atoms with Crippen LogP contribution in [0.15, 0.2) is 30.3 Å². The van der Waals surface area contributed by atoms with Crippen LogP contribution in [0.2, 0.25) is 0 Å². The van der Waals surface area contributed by atoms with Crippen molar-refractivity contribution in [3.63, 3.8) is 0 Å². The van der Waals surface area contributed by atoms with E-state index in [0.717, 1.165) is 0 Å². The summed E-state index contributed by atoms with van der Waals surface area (Å²) in [7, 11) is 0. The number of carboxylic acid groups (broad SMARTS) is 1. The topological polar surface area (TPSA) is 111 Å². The Bertz CT molecular complexity index is 267. The summed E-state index contributed by atoms with van der Waals surface area (Å²) in [6, 6.07) is 8.06. The Balaban J connectivity index is -0.0000000948. The van der Waals surface area contributed by atoms with Crippen LogP contribution in [0.1, 0.15) is 17.3 Å². The zero-order valence-corrected chi connectivity index (χ0v) is 14.3. The van der Waals surface area contributed by atoms with Gasteiger partial charge < -0.3 is 25.6 Å². The van der Waals surface area contributed by atoms with Crippen LogP contribution in [-0.4, -0.2) is 34.4 Å². The van der Waals surface area contributed by atoms with Crippen molar-refractivity contribution in [1.29, 1.82) is 0 Å². The van der Waals surface area contributed by atoms with Gasteiger partial charge in [0, 0.05) is 0 Å². The van der Waals surface area contributed by atoms with Crippen LogP contribution in [0, 0.1) is 0 Å². The van der Waals surface area contributed by atoms with E-state index in [9.17, 15) is 9.90 Å².